The van der Waals surface area contributed by atoms with Gasteiger partial charge in [-0.3, -0.25) is 0 Å². The first kappa shape index (κ1) is 23.1. The van der Waals surface area contributed by atoms with Gasteiger partial charge in [0.2, 0.25) is 0 Å². The quantitative estimate of drug-likeness (QED) is 0.326. The lowest BCUT2D eigenvalue weighted by Gasteiger charge is -2.22. The monoisotopic (exact) mass is 460 g/mol. The number of ether oxygens (including phenoxy) is 1. The second-order valence-corrected chi connectivity index (χ2v) is 9.42. The van der Waals surface area contributed by atoms with Crippen LogP contribution in [0.4, 0.5) is 35.1 Å². The Bertz CT molecular complexity index is 1130. The van der Waals surface area contributed by atoms with Gasteiger partial charge in [0.15, 0.2) is 23.3 Å². The normalized spacial score (nSPS) is 11.1. The predicted octanol–water partition coefficient (Wildman–Crippen LogP) is 3.94. The van der Waals surface area contributed by atoms with Crippen LogP contribution < -0.4 is 18.0 Å². The standard InChI is InChI=1S/2C7H4F3.C7H5F2O.Al/c2*1-4-2-5(8)3-6(9)7(4)10;1-10-7-3-5(8)2-6(9)4-7;/h2*3H,1H3;2-3H,1H3;. The van der Waals surface area contributed by atoms with Gasteiger partial charge in [0.1, 0.15) is 29.0 Å². The Balaban J connectivity index is 2.54. The molecule has 162 valence electrons. The van der Waals surface area contributed by atoms with Gasteiger partial charge in [0, 0.05) is 24.3 Å². The zero-order valence-corrected chi connectivity index (χ0v) is 17.5. The van der Waals surface area contributed by atoms with E-state index in [2.05, 4.69) is 0 Å². The summed E-state index contributed by atoms with van der Waals surface area (Å²) in [6, 6.07) is 1.54. The van der Waals surface area contributed by atoms with Crippen molar-refractivity contribution < 1.29 is 39.9 Å². The van der Waals surface area contributed by atoms with Gasteiger partial charge in [0.05, 0.1) is 7.11 Å². The molecule has 0 aromatic heterocycles. The maximum Gasteiger partial charge on any atom is 0.404 e. The molecule has 31 heavy (non-hydrogen) atoms. The third-order valence-corrected chi connectivity index (χ3v) is 8.76. The van der Waals surface area contributed by atoms with Crippen molar-refractivity contribution in [3.63, 3.8) is 0 Å². The van der Waals surface area contributed by atoms with Crippen LogP contribution >= 0.6 is 0 Å². The molecule has 0 amide bonds. The number of methoxy groups -OCH3 is 1. The molecule has 0 spiro atoms. The van der Waals surface area contributed by atoms with Crippen molar-refractivity contribution in [1.29, 1.82) is 0 Å². The van der Waals surface area contributed by atoms with Crippen molar-refractivity contribution in [3.8, 4) is 5.75 Å². The minimum atomic E-state index is -3.91. The molecule has 0 aliphatic rings. The van der Waals surface area contributed by atoms with E-state index in [9.17, 15) is 35.1 Å². The molecule has 3 rings (SSSR count). The van der Waals surface area contributed by atoms with Crippen LogP contribution in [-0.4, -0.2) is 21.3 Å². The molecular formula is C21H13AlF8O. The molecule has 0 aliphatic carbocycles. The lowest BCUT2D eigenvalue weighted by Crippen LogP contribution is -2.58. The smallest absolute Gasteiger partial charge is 0.404 e. The minimum Gasteiger partial charge on any atom is -0.498 e. The molecule has 3 aromatic carbocycles. The molecule has 0 aliphatic heterocycles. The maximum atomic E-state index is 14.9. The number of halogens is 8. The van der Waals surface area contributed by atoms with Crippen molar-refractivity contribution in [2.45, 2.75) is 13.8 Å². The van der Waals surface area contributed by atoms with Gasteiger partial charge in [0.25, 0.3) is 0 Å². The maximum absolute atomic E-state index is 14.9. The van der Waals surface area contributed by atoms with Crippen LogP contribution in [-0.2, 0) is 0 Å². The molecular weight excluding hydrogens is 447 g/mol. The first-order valence-electron chi connectivity index (χ1n) is 8.80. The topological polar surface area (TPSA) is 9.23 Å². The van der Waals surface area contributed by atoms with Gasteiger partial charge in [-0.25, -0.2) is 35.1 Å². The van der Waals surface area contributed by atoms with Crippen molar-refractivity contribution in [2.75, 3.05) is 7.11 Å². The molecule has 0 bridgehead atoms. The second kappa shape index (κ2) is 8.52. The lowest BCUT2D eigenvalue weighted by atomic mass is 10.2. The SMILES string of the molecule is COc1cc(F)cc(F)[c]1[Al]([c]1c(F)cc(F)c(F)c1C)[c]1c(F)cc(F)c(F)c1C. The van der Waals surface area contributed by atoms with Gasteiger partial charge in [-0.05, 0) is 29.4 Å². The number of hydrogen-bond acceptors (Lipinski definition) is 1. The Morgan fingerprint density at radius 1 is 0.581 bits per heavy atom. The summed E-state index contributed by atoms with van der Waals surface area (Å²) < 4.78 is 118. The fourth-order valence-electron chi connectivity index (χ4n) is 3.61. The Labute approximate surface area is 176 Å². The van der Waals surface area contributed by atoms with E-state index in [1.165, 1.54) is 0 Å². The highest BCUT2D eigenvalue weighted by Crippen LogP contribution is 2.21. The van der Waals surface area contributed by atoms with Crippen LogP contribution in [0.2, 0.25) is 0 Å². The molecule has 0 fully saturated rings. The molecule has 0 N–H and O–H groups in total. The fourth-order valence-corrected chi connectivity index (χ4v) is 7.16. The Morgan fingerprint density at radius 3 is 1.42 bits per heavy atom. The zero-order valence-electron chi connectivity index (χ0n) is 16.3. The highest BCUT2D eigenvalue weighted by atomic mass is 27.2. The van der Waals surface area contributed by atoms with E-state index in [1.807, 2.05) is 0 Å². The molecule has 0 saturated heterocycles. The van der Waals surface area contributed by atoms with Crippen molar-refractivity contribution >= 4 is 27.4 Å². The van der Waals surface area contributed by atoms with E-state index in [4.69, 9.17) is 4.74 Å². The second-order valence-electron chi connectivity index (χ2n) is 6.82. The van der Waals surface area contributed by atoms with E-state index in [0.29, 0.717) is 6.07 Å². The Hall–Kier alpha value is -2.57. The summed E-state index contributed by atoms with van der Waals surface area (Å²) in [6.45, 7) is 1.97. The molecule has 3 aromatic rings. The van der Waals surface area contributed by atoms with Crippen LogP contribution in [0, 0.1) is 60.4 Å². The largest absolute Gasteiger partial charge is 0.498 e. The van der Waals surface area contributed by atoms with E-state index in [1.54, 1.807) is 0 Å². The molecule has 0 saturated carbocycles. The van der Waals surface area contributed by atoms with Gasteiger partial charge in [-0.2, -0.15) is 0 Å². The van der Waals surface area contributed by atoms with E-state index >= 15 is 0 Å². The first-order valence-corrected chi connectivity index (χ1v) is 10.5. The average Bonchev–Trinajstić information content (AvgIpc) is 2.69. The molecule has 0 unspecified atom stereocenters. The van der Waals surface area contributed by atoms with Crippen molar-refractivity contribution in [1.82, 2.24) is 0 Å². The summed E-state index contributed by atoms with van der Waals surface area (Å²) in [5.74, 6) is -11.6. The molecule has 1 nitrogen and oxygen atoms in total. The summed E-state index contributed by atoms with van der Waals surface area (Å²) in [4.78, 5) is 0. The van der Waals surface area contributed by atoms with E-state index in [-0.39, 0.29) is 12.1 Å². The van der Waals surface area contributed by atoms with Crippen molar-refractivity contribution in [3.05, 3.63) is 81.9 Å². The van der Waals surface area contributed by atoms with Crippen LogP contribution in [0.3, 0.4) is 0 Å². The molecule has 0 atom stereocenters. The fraction of sp³-hybridized carbons (Fsp3) is 0.143. The number of rotatable bonds is 4. The van der Waals surface area contributed by atoms with Gasteiger partial charge in [-0.1, -0.05) is 8.85 Å². The highest BCUT2D eigenvalue weighted by molar-refractivity contribution is 6.96. The van der Waals surface area contributed by atoms with Crippen LogP contribution in [0.5, 0.6) is 5.75 Å². The summed E-state index contributed by atoms with van der Waals surface area (Å²) in [7, 11) is 1.03. The minimum absolute atomic E-state index is 0.193. The third-order valence-electron chi connectivity index (χ3n) is 5.05. The zero-order chi connectivity index (χ0) is 23.2. The number of hydrogen-bond donors (Lipinski definition) is 0. The van der Waals surface area contributed by atoms with Crippen LogP contribution in [0.25, 0.3) is 0 Å². The van der Waals surface area contributed by atoms with Gasteiger partial charge in [-0.15, -0.1) is 0 Å². The Kier molecular flexibility index (Phi) is 6.35. The third kappa shape index (κ3) is 3.90. The lowest BCUT2D eigenvalue weighted by molar-refractivity contribution is 0.411. The van der Waals surface area contributed by atoms with E-state index in [0.717, 1.165) is 27.0 Å². The number of benzene rings is 3. The molecule has 10 heteroatoms. The van der Waals surface area contributed by atoms with Crippen molar-refractivity contribution in [2.24, 2.45) is 0 Å². The summed E-state index contributed by atoms with van der Waals surface area (Å²) in [5.41, 5.74) is -1.22. The molecule has 0 radical (unpaired) electrons. The predicted molar refractivity (Wildman–Crippen MR) is 99.7 cm³/mol. The van der Waals surface area contributed by atoms with Crippen LogP contribution in [0.15, 0.2) is 24.3 Å². The Morgan fingerprint density at radius 2 is 1.00 bits per heavy atom. The summed E-state index contributed by atoms with van der Waals surface area (Å²) in [5, 5.41) is 0. The summed E-state index contributed by atoms with van der Waals surface area (Å²) in [6.07, 6.45) is 0. The van der Waals surface area contributed by atoms with Gasteiger partial charge < -0.3 is 4.74 Å². The van der Waals surface area contributed by atoms with Gasteiger partial charge >= 0.3 is 14.1 Å². The highest BCUT2D eigenvalue weighted by Gasteiger charge is 2.40. The summed E-state index contributed by atoms with van der Waals surface area (Å²) >= 11 is -3.91. The van der Waals surface area contributed by atoms with Crippen LogP contribution in [0.1, 0.15) is 11.1 Å². The average molecular weight is 460 g/mol. The molecule has 0 heterocycles. The van der Waals surface area contributed by atoms with E-state index < -0.39 is 90.8 Å². The first-order chi connectivity index (χ1) is 14.5.